The zero-order chi connectivity index (χ0) is 25.7. The molecule has 0 saturated carbocycles. The highest BCUT2D eigenvalue weighted by Crippen LogP contribution is 2.48. The fraction of sp³-hybridized carbons (Fsp3) is 0.517. The summed E-state index contributed by atoms with van der Waals surface area (Å²) in [7, 11) is 0. The van der Waals surface area contributed by atoms with Crippen LogP contribution in [-0.2, 0) is 11.2 Å². The smallest absolute Gasteiger partial charge is 0.254 e. The maximum atomic E-state index is 13.8. The average molecular weight is 494 g/mol. The summed E-state index contributed by atoms with van der Waals surface area (Å²) in [5, 5.41) is 3.19. The molecule has 0 aromatic heterocycles. The van der Waals surface area contributed by atoms with E-state index >= 15 is 0 Å². The average Bonchev–Trinajstić information content (AvgIpc) is 2.89. The van der Waals surface area contributed by atoms with Crippen LogP contribution in [0.4, 0.5) is 0 Å². The van der Waals surface area contributed by atoms with Gasteiger partial charge in [0.05, 0.1) is 25.2 Å². The lowest BCUT2D eigenvalue weighted by Gasteiger charge is -2.45. The Hall–Kier alpha value is -3.06. The van der Waals surface area contributed by atoms with Gasteiger partial charge in [-0.2, -0.15) is 0 Å². The number of carbonyl (C=O) groups is 2. The van der Waals surface area contributed by atoms with Crippen LogP contribution in [0.5, 0.6) is 11.5 Å². The van der Waals surface area contributed by atoms with Crippen molar-refractivity contribution < 1.29 is 19.1 Å². The zero-order valence-electron chi connectivity index (χ0n) is 22.0. The van der Waals surface area contributed by atoms with Crippen molar-refractivity contribution in [2.24, 2.45) is 0 Å². The molecule has 7 heteroatoms. The summed E-state index contributed by atoms with van der Waals surface area (Å²) in [4.78, 5) is 31.5. The molecule has 2 aromatic carbocycles. The molecule has 36 heavy (non-hydrogen) atoms. The fourth-order valence-corrected chi connectivity index (χ4v) is 5.52. The number of hydrogen-bond acceptors (Lipinski definition) is 5. The van der Waals surface area contributed by atoms with Gasteiger partial charge in [0.2, 0.25) is 5.91 Å². The number of benzene rings is 2. The molecule has 0 bridgehead atoms. The first-order valence-electron chi connectivity index (χ1n) is 13.4. The predicted molar refractivity (Wildman–Crippen MR) is 141 cm³/mol. The van der Waals surface area contributed by atoms with Crippen LogP contribution in [0, 0.1) is 0 Å². The number of rotatable bonds is 11. The minimum Gasteiger partial charge on any atom is -0.490 e. The minimum atomic E-state index is -0.487. The lowest BCUT2D eigenvalue weighted by molar-refractivity contribution is -0.124. The van der Waals surface area contributed by atoms with Gasteiger partial charge in [-0.15, -0.1) is 0 Å². The highest BCUT2D eigenvalue weighted by molar-refractivity contribution is 6.01. The van der Waals surface area contributed by atoms with Gasteiger partial charge in [-0.05, 0) is 81.2 Å². The zero-order valence-corrected chi connectivity index (χ0v) is 22.0. The summed E-state index contributed by atoms with van der Waals surface area (Å²) >= 11 is 0. The number of nitrogens with zero attached hydrogens (tertiary/aromatic N) is 2. The number of nitrogens with one attached hydrogen (secondary N) is 1. The predicted octanol–water partition coefficient (Wildman–Crippen LogP) is 4.17. The number of ether oxygens (including phenoxy) is 2. The molecule has 7 nitrogen and oxygen atoms in total. The van der Waals surface area contributed by atoms with E-state index in [4.69, 9.17) is 9.47 Å². The Kier molecular flexibility index (Phi) is 8.52. The van der Waals surface area contributed by atoms with Crippen LogP contribution in [0.15, 0.2) is 36.4 Å². The third-order valence-corrected chi connectivity index (χ3v) is 7.31. The molecule has 0 aliphatic carbocycles. The van der Waals surface area contributed by atoms with Gasteiger partial charge in [-0.1, -0.05) is 32.0 Å². The summed E-state index contributed by atoms with van der Waals surface area (Å²) in [5.74, 6) is 0.831. The molecule has 4 rings (SSSR count). The molecule has 2 aliphatic heterocycles. The van der Waals surface area contributed by atoms with E-state index in [1.54, 1.807) is 0 Å². The minimum absolute atomic E-state index is 0.0151. The van der Waals surface area contributed by atoms with Crippen LogP contribution in [0.25, 0.3) is 0 Å². The van der Waals surface area contributed by atoms with Crippen molar-refractivity contribution in [1.29, 1.82) is 0 Å². The van der Waals surface area contributed by atoms with Crippen molar-refractivity contribution in [3.63, 3.8) is 0 Å². The van der Waals surface area contributed by atoms with Gasteiger partial charge in [0.15, 0.2) is 11.5 Å². The molecule has 2 amide bonds. The Balaban J connectivity index is 1.70. The Morgan fingerprint density at radius 3 is 2.42 bits per heavy atom. The van der Waals surface area contributed by atoms with Crippen LogP contribution in [-0.4, -0.2) is 67.6 Å². The van der Waals surface area contributed by atoms with Crippen molar-refractivity contribution in [3.05, 3.63) is 58.7 Å². The van der Waals surface area contributed by atoms with Crippen LogP contribution in [0.3, 0.4) is 0 Å². The van der Waals surface area contributed by atoms with Crippen molar-refractivity contribution in [1.82, 2.24) is 15.1 Å². The molecule has 2 heterocycles. The maximum Gasteiger partial charge on any atom is 0.254 e. The number of hydrogen-bond donors (Lipinski definition) is 1. The second-order valence-corrected chi connectivity index (χ2v) is 9.29. The summed E-state index contributed by atoms with van der Waals surface area (Å²) in [6.45, 7) is 13.4. The van der Waals surface area contributed by atoms with Gasteiger partial charge < -0.3 is 24.6 Å². The lowest BCUT2D eigenvalue weighted by atomic mass is 9.75. The van der Waals surface area contributed by atoms with Gasteiger partial charge in [-0.3, -0.25) is 9.59 Å². The van der Waals surface area contributed by atoms with E-state index in [0.717, 1.165) is 42.7 Å². The molecular formula is C29H39N3O4. The highest BCUT2D eigenvalue weighted by Gasteiger charge is 2.46. The Morgan fingerprint density at radius 2 is 1.72 bits per heavy atom. The first-order chi connectivity index (χ1) is 17.5. The van der Waals surface area contributed by atoms with E-state index in [2.05, 4.69) is 24.1 Å². The maximum absolute atomic E-state index is 13.8. The van der Waals surface area contributed by atoms with Crippen molar-refractivity contribution >= 4 is 11.8 Å². The fourth-order valence-electron chi connectivity index (χ4n) is 5.52. The molecular weight excluding hydrogens is 454 g/mol. The number of amides is 2. The lowest BCUT2D eigenvalue weighted by Crippen LogP contribution is -2.50. The standard InChI is InChI=1S/C29H39N3O4/c1-5-31(6-2)16-11-15-30-28(33)26-21-12-9-10-13-22(21)29(34)32-17-14-20-18-24(35-7-3)25(36-8-4)19-23(20)27(26)32/h9-10,12-13,18-19,26-27H,5-8,11,14-17H2,1-4H3,(H,30,33)/t26-,27+/m1/s1. The van der Waals surface area contributed by atoms with Crippen molar-refractivity contribution in [2.75, 3.05) is 45.9 Å². The third-order valence-electron chi connectivity index (χ3n) is 7.31. The topological polar surface area (TPSA) is 71.1 Å². The van der Waals surface area contributed by atoms with Gasteiger partial charge >= 0.3 is 0 Å². The van der Waals surface area contributed by atoms with Crippen LogP contribution < -0.4 is 14.8 Å². The van der Waals surface area contributed by atoms with Crippen molar-refractivity contribution in [2.45, 2.75) is 52.5 Å². The van der Waals surface area contributed by atoms with Gasteiger partial charge in [0.1, 0.15) is 0 Å². The van der Waals surface area contributed by atoms with Crippen LogP contribution in [0.2, 0.25) is 0 Å². The first kappa shape index (κ1) is 26.0. The first-order valence-corrected chi connectivity index (χ1v) is 13.4. The van der Waals surface area contributed by atoms with Gasteiger partial charge in [-0.25, -0.2) is 0 Å². The normalized spacial score (nSPS) is 18.4. The molecule has 2 aromatic rings. The molecule has 1 N–H and O–H groups in total. The molecule has 0 spiro atoms. The SMILES string of the molecule is CCOc1cc2c(cc1OCC)[C@H]1[C@H](C(=O)NCCCN(CC)CC)c3ccccc3C(=O)N1CC2. The van der Waals surface area contributed by atoms with Crippen LogP contribution in [0.1, 0.15) is 73.1 Å². The molecule has 0 saturated heterocycles. The van der Waals surface area contributed by atoms with E-state index < -0.39 is 5.92 Å². The van der Waals surface area contributed by atoms with E-state index in [1.165, 1.54) is 0 Å². The molecule has 194 valence electrons. The Labute approximate surface area is 214 Å². The number of fused-ring (bicyclic) bond motifs is 4. The molecule has 0 radical (unpaired) electrons. The Bertz CT molecular complexity index is 1080. The van der Waals surface area contributed by atoms with Crippen LogP contribution >= 0.6 is 0 Å². The summed E-state index contributed by atoms with van der Waals surface area (Å²) in [6.07, 6.45) is 1.60. The quantitative estimate of drug-likeness (QED) is 0.476. The van der Waals surface area contributed by atoms with E-state index in [1.807, 2.05) is 55.1 Å². The summed E-state index contributed by atoms with van der Waals surface area (Å²) < 4.78 is 11.8. The van der Waals surface area contributed by atoms with E-state index in [0.29, 0.717) is 49.8 Å². The molecule has 2 aliphatic rings. The van der Waals surface area contributed by atoms with E-state index in [-0.39, 0.29) is 17.9 Å². The molecule has 2 atom stereocenters. The van der Waals surface area contributed by atoms with E-state index in [9.17, 15) is 9.59 Å². The van der Waals surface area contributed by atoms with Gasteiger partial charge in [0, 0.05) is 18.7 Å². The Morgan fingerprint density at radius 1 is 1.03 bits per heavy atom. The second-order valence-electron chi connectivity index (χ2n) is 9.29. The molecule has 0 unspecified atom stereocenters. The monoisotopic (exact) mass is 493 g/mol. The third kappa shape index (κ3) is 5.07. The summed E-state index contributed by atoms with van der Waals surface area (Å²) in [5.41, 5.74) is 3.50. The summed E-state index contributed by atoms with van der Waals surface area (Å²) in [6, 6.07) is 11.2. The van der Waals surface area contributed by atoms with Gasteiger partial charge in [0.25, 0.3) is 5.91 Å². The number of carbonyl (C=O) groups excluding carboxylic acids is 2. The highest BCUT2D eigenvalue weighted by atomic mass is 16.5. The van der Waals surface area contributed by atoms with Crippen molar-refractivity contribution in [3.8, 4) is 11.5 Å². The largest absolute Gasteiger partial charge is 0.490 e. The molecule has 0 fully saturated rings. The second kappa shape index (κ2) is 11.8.